The summed E-state index contributed by atoms with van der Waals surface area (Å²) in [6.07, 6.45) is 3.08. The number of nitrogens with zero attached hydrogens (tertiary/aromatic N) is 3. The summed E-state index contributed by atoms with van der Waals surface area (Å²) >= 11 is 0. The van der Waals surface area contributed by atoms with Crippen LogP contribution in [0.1, 0.15) is 5.56 Å². The average molecular weight is 281 g/mol. The van der Waals surface area contributed by atoms with E-state index in [9.17, 15) is 0 Å². The smallest absolute Gasteiger partial charge is 0.182 e. The van der Waals surface area contributed by atoms with Gasteiger partial charge in [-0.15, -0.1) is 0 Å². The average Bonchev–Trinajstić information content (AvgIpc) is 3.01. The van der Waals surface area contributed by atoms with Gasteiger partial charge in [0.15, 0.2) is 18.2 Å². The zero-order valence-electron chi connectivity index (χ0n) is 11.6. The van der Waals surface area contributed by atoms with Gasteiger partial charge >= 0.3 is 0 Å². The molecule has 0 bridgehead atoms. The fourth-order valence-corrected chi connectivity index (χ4v) is 1.86. The van der Waals surface area contributed by atoms with Crippen LogP contribution >= 0.6 is 0 Å². The van der Waals surface area contributed by atoms with E-state index in [1.807, 2.05) is 55.5 Å². The molecule has 1 aromatic heterocycles. The first kappa shape index (κ1) is 13.2. The Bertz CT molecular complexity index is 697. The number of benzene rings is 2. The molecule has 0 unspecified atom stereocenters. The monoisotopic (exact) mass is 281 g/mol. The van der Waals surface area contributed by atoms with E-state index in [0.717, 1.165) is 11.3 Å². The largest absolute Gasteiger partial charge is 0.467 e. The normalized spacial score (nSPS) is 10.3. The van der Waals surface area contributed by atoms with Crippen LogP contribution in [0.5, 0.6) is 17.2 Å². The van der Waals surface area contributed by atoms with Crippen LogP contribution in [-0.4, -0.2) is 14.8 Å². The molecule has 21 heavy (non-hydrogen) atoms. The molecule has 0 fully saturated rings. The molecule has 0 spiro atoms. The molecule has 0 amide bonds. The van der Waals surface area contributed by atoms with Crippen LogP contribution in [0.4, 0.5) is 0 Å². The minimum atomic E-state index is 0.286. The summed E-state index contributed by atoms with van der Waals surface area (Å²) in [4.78, 5) is 3.88. The maximum atomic E-state index is 5.89. The number of para-hydroxylation sites is 1. The van der Waals surface area contributed by atoms with Crippen molar-refractivity contribution in [2.45, 2.75) is 13.7 Å². The van der Waals surface area contributed by atoms with Crippen LogP contribution in [-0.2, 0) is 6.73 Å². The van der Waals surface area contributed by atoms with Gasteiger partial charge in [-0.05, 0) is 36.8 Å². The lowest BCUT2D eigenvalue weighted by atomic mass is 10.2. The van der Waals surface area contributed by atoms with Gasteiger partial charge in [-0.1, -0.05) is 24.3 Å². The molecule has 0 aliphatic heterocycles. The Labute approximate surface area is 122 Å². The number of hydrogen-bond donors (Lipinski definition) is 0. The molecule has 1 heterocycles. The van der Waals surface area contributed by atoms with Crippen molar-refractivity contribution in [3.63, 3.8) is 0 Å². The highest BCUT2D eigenvalue weighted by atomic mass is 16.5. The van der Waals surface area contributed by atoms with Gasteiger partial charge in [0.25, 0.3) is 0 Å². The summed E-state index contributed by atoms with van der Waals surface area (Å²) < 4.78 is 13.2. The summed E-state index contributed by atoms with van der Waals surface area (Å²) in [5, 5.41) is 4.00. The summed E-state index contributed by atoms with van der Waals surface area (Å²) in [5.74, 6) is 2.12. The summed E-state index contributed by atoms with van der Waals surface area (Å²) in [6, 6.07) is 15.4. The number of rotatable bonds is 5. The fraction of sp³-hybridized carbons (Fsp3) is 0.125. The molecule has 3 aromatic rings. The van der Waals surface area contributed by atoms with Gasteiger partial charge in [-0.2, -0.15) is 5.10 Å². The first-order chi connectivity index (χ1) is 10.3. The van der Waals surface area contributed by atoms with E-state index in [0.29, 0.717) is 11.5 Å². The van der Waals surface area contributed by atoms with Crippen LogP contribution in [0.2, 0.25) is 0 Å². The number of aryl methyl sites for hydroxylation is 1. The number of hydrogen-bond acceptors (Lipinski definition) is 4. The Morgan fingerprint density at radius 1 is 1.05 bits per heavy atom. The van der Waals surface area contributed by atoms with Crippen molar-refractivity contribution in [1.29, 1.82) is 0 Å². The second-order valence-corrected chi connectivity index (χ2v) is 4.57. The standard InChI is InChI=1S/C16H15N3O2/c1-13-7-8-15(20-12-19-11-17-10-18-19)16(9-13)21-14-5-3-2-4-6-14/h2-11H,12H2,1H3. The van der Waals surface area contributed by atoms with Crippen molar-refractivity contribution in [2.24, 2.45) is 0 Å². The van der Waals surface area contributed by atoms with Crippen molar-refractivity contribution >= 4 is 0 Å². The van der Waals surface area contributed by atoms with Gasteiger partial charge in [0.2, 0.25) is 0 Å². The Kier molecular flexibility index (Phi) is 3.82. The molecule has 5 heteroatoms. The summed E-state index contributed by atoms with van der Waals surface area (Å²) in [5.41, 5.74) is 1.11. The van der Waals surface area contributed by atoms with Crippen molar-refractivity contribution in [2.75, 3.05) is 0 Å². The Morgan fingerprint density at radius 2 is 1.90 bits per heavy atom. The fourth-order valence-electron chi connectivity index (χ4n) is 1.86. The summed E-state index contributed by atoms with van der Waals surface area (Å²) in [6.45, 7) is 2.30. The van der Waals surface area contributed by atoms with Crippen LogP contribution in [0.15, 0.2) is 61.2 Å². The summed E-state index contributed by atoms with van der Waals surface area (Å²) in [7, 11) is 0. The molecule has 0 saturated carbocycles. The van der Waals surface area contributed by atoms with Gasteiger partial charge in [-0.3, -0.25) is 0 Å². The van der Waals surface area contributed by atoms with Crippen molar-refractivity contribution in [3.8, 4) is 17.2 Å². The molecular weight excluding hydrogens is 266 g/mol. The van der Waals surface area contributed by atoms with E-state index in [-0.39, 0.29) is 6.73 Å². The minimum Gasteiger partial charge on any atom is -0.467 e. The molecule has 0 radical (unpaired) electrons. The number of ether oxygens (including phenoxy) is 2. The van der Waals surface area contributed by atoms with E-state index in [2.05, 4.69) is 10.1 Å². The van der Waals surface area contributed by atoms with Crippen molar-refractivity contribution in [3.05, 3.63) is 66.7 Å². The lowest BCUT2D eigenvalue weighted by molar-refractivity contribution is 0.213. The van der Waals surface area contributed by atoms with E-state index in [1.54, 1.807) is 11.0 Å². The second kappa shape index (κ2) is 6.09. The zero-order chi connectivity index (χ0) is 14.5. The van der Waals surface area contributed by atoms with E-state index in [1.165, 1.54) is 6.33 Å². The highest BCUT2D eigenvalue weighted by molar-refractivity contribution is 5.45. The first-order valence-corrected chi connectivity index (χ1v) is 6.60. The molecule has 0 N–H and O–H groups in total. The van der Waals surface area contributed by atoms with Gasteiger partial charge in [0.1, 0.15) is 18.4 Å². The predicted octanol–water partition coefficient (Wildman–Crippen LogP) is 3.42. The topological polar surface area (TPSA) is 49.2 Å². The lowest BCUT2D eigenvalue weighted by Gasteiger charge is -2.13. The molecule has 2 aromatic carbocycles. The minimum absolute atomic E-state index is 0.286. The SMILES string of the molecule is Cc1ccc(OCn2cncn2)c(Oc2ccccc2)c1. The third-order valence-corrected chi connectivity index (χ3v) is 2.89. The van der Waals surface area contributed by atoms with E-state index in [4.69, 9.17) is 9.47 Å². The van der Waals surface area contributed by atoms with Crippen molar-refractivity contribution < 1.29 is 9.47 Å². The Balaban J connectivity index is 1.79. The zero-order valence-corrected chi connectivity index (χ0v) is 11.6. The van der Waals surface area contributed by atoms with Gasteiger partial charge < -0.3 is 9.47 Å². The highest BCUT2D eigenvalue weighted by Crippen LogP contribution is 2.32. The van der Waals surface area contributed by atoms with E-state index < -0.39 is 0 Å². The lowest BCUT2D eigenvalue weighted by Crippen LogP contribution is -2.06. The predicted molar refractivity (Wildman–Crippen MR) is 78.3 cm³/mol. The van der Waals surface area contributed by atoms with Crippen LogP contribution in [0.25, 0.3) is 0 Å². The highest BCUT2D eigenvalue weighted by Gasteiger charge is 2.07. The maximum absolute atomic E-state index is 5.89. The quantitative estimate of drug-likeness (QED) is 0.719. The third kappa shape index (κ3) is 3.39. The number of aromatic nitrogens is 3. The maximum Gasteiger partial charge on any atom is 0.182 e. The van der Waals surface area contributed by atoms with Gasteiger partial charge in [0, 0.05) is 0 Å². The molecule has 0 aliphatic carbocycles. The second-order valence-electron chi connectivity index (χ2n) is 4.57. The Hall–Kier alpha value is -2.82. The van der Waals surface area contributed by atoms with E-state index >= 15 is 0 Å². The molecule has 0 saturated heterocycles. The van der Waals surface area contributed by atoms with Crippen molar-refractivity contribution in [1.82, 2.24) is 14.8 Å². The van der Waals surface area contributed by atoms with Gasteiger partial charge in [-0.25, -0.2) is 9.67 Å². The molecule has 106 valence electrons. The van der Waals surface area contributed by atoms with Crippen LogP contribution in [0.3, 0.4) is 0 Å². The molecule has 0 atom stereocenters. The Morgan fingerprint density at radius 3 is 2.67 bits per heavy atom. The molecule has 5 nitrogen and oxygen atoms in total. The molecule has 3 rings (SSSR count). The van der Waals surface area contributed by atoms with Crippen LogP contribution < -0.4 is 9.47 Å². The van der Waals surface area contributed by atoms with Crippen LogP contribution in [0, 0.1) is 6.92 Å². The first-order valence-electron chi connectivity index (χ1n) is 6.60. The molecule has 0 aliphatic rings. The third-order valence-electron chi connectivity index (χ3n) is 2.89. The van der Waals surface area contributed by atoms with Gasteiger partial charge in [0.05, 0.1) is 0 Å². The molecular formula is C16H15N3O2.